The summed E-state index contributed by atoms with van der Waals surface area (Å²) in [6, 6.07) is 8.61. The van der Waals surface area contributed by atoms with Crippen LogP contribution in [0.25, 0.3) is 0 Å². The first kappa shape index (κ1) is 19.3. The Labute approximate surface area is 147 Å². The molecule has 0 saturated carbocycles. The third-order valence-corrected chi connectivity index (χ3v) is 3.64. The highest BCUT2D eigenvalue weighted by atomic mass is 19.4. The molecule has 0 aliphatic carbocycles. The first-order valence-electron chi connectivity index (χ1n) is 7.54. The van der Waals surface area contributed by atoms with Gasteiger partial charge < -0.3 is 15.2 Å². The number of carbonyl (C=O) groups is 2. The summed E-state index contributed by atoms with van der Waals surface area (Å²) in [5.74, 6) is -1.32. The molecule has 2 rings (SSSR count). The lowest BCUT2D eigenvalue weighted by molar-refractivity contribution is -0.143. The van der Waals surface area contributed by atoms with Crippen LogP contribution in [0.4, 0.5) is 13.2 Å². The second-order valence-electron chi connectivity index (χ2n) is 5.49. The van der Waals surface area contributed by atoms with Crippen LogP contribution in [-0.2, 0) is 22.1 Å². The second kappa shape index (κ2) is 7.90. The Morgan fingerprint density at radius 1 is 1.08 bits per heavy atom. The van der Waals surface area contributed by atoms with Crippen molar-refractivity contribution < 1.29 is 32.6 Å². The predicted molar refractivity (Wildman–Crippen MR) is 86.5 cm³/mol. The third kappa shape index (κ3) is 4.98. The van der Waals surface area contributed by atoms with Gasteiger partial charge in [0.2, 0.25) is 0 Å². The Morgan fingerprint density at radius 3 is 2.15 bits per heavy atom. The molecule has 0 heterocycles. The summed E-state index contributed by atoms with van der Waals surface area (Å²) in [5.41, 5.74) is -0.160. The van der Waals surface area contributed by atoms with Crippen molar-refractivity contribution in [3.63, 3.8) is 0 Å². The standard InChI is InChI=1S/C18H16F3NO4/c1-26-17(25)15(22-16(24)12-4-8-14(23)9-5-12)10-11-2-6-13(7-3-11)18(19,20)21/h2-9,15,23H,10H2,1H3,(H,22,24)/t15-/m0/s1. The zero-order valence-corrected chi connectivity index (χ0v) is 13.7. The average molecular weight is 367 g/mol. The van der Waals surface area contributed by atoms with E-state index in [4.69, 9.17) is 0 Å². The topological polar surface area (TPSA) is 75.6 Å². The minimum Gasteiger partial charge on any atom is -0.508 e. The van der Waals surface area contributed by atoms with Crippen molar-refractivity contribution in [2.24, 2.45) is 0 Å². The van der Waals surface area contributed by atoms with Gasteiger partial charge in [0.25, 0.3) is 5.91 Å². The zero-order valence-electron chi connectivity index (χ0n) is 13.7. The van der Waals surface area contributed by atoms with E-state index in [0.29, 0.717) is 5.56 Å². The van der Waals surface area contributed by atoms with Gasteiger partial charge >= 0.3 is 12.1 Å². The molecule has 2 aromatic rings. The summed E-state index contributed by atoms with van der Waals surface area (Å²) in [6.07, 6.45) is -4.48. The SMILES string of the molecule is COC(=O)[C@H](Cc1ccc(C(F)(F)F)cc1)NC(=O)c1ccc(O)cc1. The van der Waals surface area contributed by atoms with Gasteiger partial charge in [0.05, 0.1) is 12.7 Å². The summed E-state index contributed by atoms with van der Waals surface area (Å²) < 4.78 is 42.5. The van der Waals surface area contributed by atoms with E-state index in [-0.39, 0.29) is 17.7 Å². The summed E-state index contributed by atoms with van der Waals surface area (Å²) in [4.78, 5) is 24.1. The number of alkyl halides is 3. The molecular formula is C18H16F3NO4. The van der Waals surface area contributed by atoms with Crippen molar-refractivity contribution >= 4 is 11.9 Å². The van der Waals surface area contributed by atoms with Gasteiger partial charge in [0, 0.05) is 12.0 Å². The number of phenols is 1. The predicted octanol–water partition coefficient (Wildman–Crippen LogP) is 2.93. The van der Waals surface area contributed by atoms with Gasteiger partial charge in [0.1, 0.15) is 11.8 Å². The number of amides is 1. The molecule has 5 nitrogen and oxygen atoms in total. The first-order valence-corrected chi connectivity index (χ1v) is 7.54. The maximum Gasteiger partial charge on any atom is 0.416 e. The maximum atomic E-state index is 12.6. The first-order chi connectivity index (χ1) is 12.2. The van der Waals surface area contributed by atoms with E-state index in [2.05, 4.69) is 10.1 Å². The molecule has 2 N–H and O–H groups in total. The molecule has 1 atom stereocenters. The molecule has 2 aromatic carbocycles. The fourth-order valence-electron chi connectivity index (χ4n) is 2.26. The van der Waals surface area contributed by atoms with Crippen molar-refractivity contribution in [3.05, 3.63) is 65.2 Å². The lowest BCUT2D eigenvalue weighted by Crippen LogP contribution is -2.43. The van der Waals surface area contributed by atoms with Crippen LogP contribution in [0.3, 0.4) is 0 Å². The number of hydrogen-bond acceptors (Lipinski definition) is 4. The van der Waals surface area contributed by atoms with Crippen LogP contribution in [-0.4, -0.2) is 30.1 Å². The fraction of sp³-hybridized carbons (Fsp3) is 0.222. The summed E-state index contributed by atoms with van der Waals surface area (Å²) in [6.45, 7) is 0. The van der Waals surface area contributed by atoms with Crippen LogP contribution < -0.4 is 5.32 Å². The number of halogens is 3. The van der Waals surface area contributed by atoms with Crippen LogP contribution in [0.15, 0.2) is 48.5 Å². The normalized spacial score (nSPS) is 12.3. The van der Waals surface area contributed by atoms with Crippen molar-refractivity contribution in [1.82, 2.24) is 5.32 Å². The molecule has 26 heavy (non-hydrogen) atoms. The van der Waals surface area contributed by atoms with E-state index in [9.17, 15) is 27.9 Å². The molecule has 0 bridgehead atoms. The lowest BCUT2D eigenvalue weighted by atomic mass is 10.0. The average Bonchev–Trinajstić information content (AvgIpc) is 2.60. The van der Waals surface area contributed by atoms with Crippen LogP contribution in [0.2, 0.25) is 0 Å². The molecule has 1 amide bonds. The van der Waals surface area contributed by atoms with Gasteiger partial charge in [-0.1, -0.05) is 12.1 Å². The van der Waals surface area contributed by atoms with E-state index in [0.717, 1.165) is 19.2 Å². The number of nitrogens with one attached hydrogen (secondary N) is 1. The highest BCUT2D eigenvalue weighted by Gasteiger charge is 2.30. The Bertz CT molecular complexity index is 771. The number of rotatable bonds is 5. The van der Waals surface area contributed by atoms with Gasteiger partial charge in [-0.3, -0.25) is 4.79 Å². The molecule has 138 valence electrons. The minimum atomic E-state index is -4.45. The van der Waals surface area contributed by atoms with E-state index in [1.165, 1.54) is 36.4 Å². The van der Waals surface area contributed by atoms with Crippen LogP contribution in [0.1, 0.15) is 21.5 Å². The molecule has 0 aromatic heterocycles. The monoisotopic (exact) mass is 367 g/mol. The second-order valence-corrected chi connectivity index (χ2v) is 5.49. The quantitative estimate of drug-likeness (QED) is 0.797. The van der Waals surface area contributed by atoms with Gasteiger partial charge in [0.15, 0.2) is 0 Å². The molecule has 8 heteroatoms. The van der Waals surface area contributed by atoms with Gasteiger partial charge in [-0.25, -0.2) is 4.79 Å². The smallest absolute Gasteiger partial charge is 0.416 e. The third-order valence-electron chi connectivity index (χ3n) is 3.64. The number of carbonyl (C=O) groups excluding carboxylic acids is 2. The summed E-state index contributed by atoms with van der Waals surface area (Å²) in [5, 5.41) is 11.7. The number of ether oxygens (including phenoxy) is 1. The minimum absolute atomic E-state index is 0.0178. The van der Waals surface area contributed by atoms with E-state index >= 15 is 0 Å². The van der Waals surface area contributed by atoms with Crippen molar-refractivity contribution in [2.75, 3.05) is 7.11 Å². The number of benzene rings is 2. The van der Waals surface area contributed by atoms with Crippen molar-refractivity contribution in [3.8, 4) is 5.75 Å². The van der Waals surface area contributed by atoms with Crippen LogP contribution in [0.5, 0.6) is 5.75 Å². The van der Waals surface area contributed by atoms with Gasteiger partial charge in [-0.05, 0) is 42.0 Å². The molecule has 0 radical (unpaired) electrons. The number of phenolic OH excluding ortho intramolecular Hbond substituents is 1. The fourth-order valence-corrected chi connectivity index (χ4v) is 2.26. The molecule has 0 aliphatic heterocycles. The summed E-state index contributed by atoms with van der Waals surface area (Å²) >= 11 is 0. The number of methoxy groups -OCH3 is 1. The Kier molecular flexibility index (Phi) is 5.86. The number of hydrogen-bond donors (Lipinski definition) is 2. The maximum absolute atomic E-state index is 12.6. The molecule has 0 saturated heterocycles. The molecular weight excluding hydrogens is 351 g/mol. The lowest BCUT2D eigenvalue weighted by Gasteiger charge is -2.17. The van der Waals surface area contributed by atoms with E-state index in [1.807, 2.05) is 0 Å². The largest absolute Gasteiger partial charge is 0.508 e. The summed E-state index contributed by atoms with van der Waals surface area (Å²) in [7, 11) is 1.15. The Morgan fingerprint density at radius 2 is 1.65 bits per heavy atom. The van der Waals surface area contributed by atoms with Crippen molar-refractivity contribution in [2.45, 2.75) is 18.6 Å². The Hall–Kier alpha value is -3.03. The van der Waals surface area contributed by atoms with Gasteiger partial charge in [-0.2, -0.15) is 13.2 Å². The van der Waals surface area contributed by atoms with E-state index in [1.54, 1.807) is 0 Å². The molecule has 0 aliphatic rings. The van der Waals surface area contributed by atoms with Gasteiger partial charge in [-0.15, -0.1) is 0 Å². The highest BCUT2D eigenvalue weighted by molar-refractivity contribution is 5.96. The van der Waals surface area contributed by atoms with Crippen molar-refractivity contribution in [1.29, 1.82) is 0 Å². The highest BCUT2D eigenvalue weighted by Crippen LogP contribution is 2.29. The molecule has 0 spiro atoms. The Balaban J connectivity index is 2.13. The molecule has 0 fully saturated rings. The molecule has 0 unspecified atom stereocenters. The number of esters is 1. The van der Waals surface area contributed by atoms with Crippen LogP contribution >= 0.6 is 0 Å². The number of aromatic hydroxyl groups is 1. The zero-order chi connectivity index (χ0) is 19.3. The van der Waals surface area contributed by atoms with E-state index < -0.39 is 29.7 Å². The van der Waals surface area contributed by atoms with Crippen LogP contribution in [0, 0.1) is 0 Å².